The number of hydrogen-bond acceptors (Lipinski definition) is 4. The molecule has 3 N–H and O–H groups in total. The fraction of sp³-hybridized carbons (Fsp3) is 0.125. The van der Waals surface area contributed by atoms with Crippen LogP contribution in [0.5, 0.6) is 11.5 Å². The van der Waals surface area contributed by atoms with Gasteiger partial charge in [0.05, 0.1) is 12.8 Å². The maximum atomic E-state index is 9.63. The molecule has 0 aliphatic rings. The molecular weight excluding hydrogens is 298 g/mol. The van der Waals surface area contributed by atoms with Gasteiger partial charge in [-0.15, -0.1) is 0 Å². The standard InChI is InChI=1S/C16H17N3O2S/c1-2-21-15-10-12(8-9-14(15)20)11-17-19-16(22)18-13-6-4-3-5-7-13/h3-11,20H,2H2,1H3,(H2,18,19,22)/b17-11-. The maximum Gasteiger partial charge on any atom is 0.191 e. The van der Waals surface area contributed by atoms with Gasteiger partial charge in [0.2, 0.25) is 0 Å². The van der Waals surface area contributed by atoms with Gasteiger partial charge in [-0.25, -0.2) is 0 Å². The van der Waals surface area contributed by atoms with Crippen LogP contribution in [-0.2, 0) is 0 Å². The number of benzene rings is 2. The molecule has 6 heteroatoms. The first kappa shape index (κ1) is 15.8. The Bertz CT molecular complexity index is 660. The van der Waals surface area contributed by atoms with Crippen molar-refractivity contribution in [1.29, 1.82) is 0 Å². The lowest BCUT2D eigenvalue weighted by atomic mass is 10.2. The molecule has 22 heavy (non-hydrogen) atoms. The highest BCUT2D eigenvalue weighted by Crippen LogP contribution is 2.26. The van der Waals surface area contributed by atoms with E-state index in [-0.39, 0.29) is 5.75 Å². The highest BCUT2D eigenvalue weighted by atomic mass is 32.1. The van der Waals surface area contributed by atoms with Crippen LogP contribution in [0.2, 0.25) is 0 Å². The van der Waals surface area contributed by atoms with Crippen molar-refractivity contribution in [2.45, 2.75) is 6.92 Å². The van der Waals surface area contributed by atoms with Gasteiger partial charge in [0.15, 0.2) is 16.6 Å². The number of ether oxygens (including phenoxy) is 1. The van der Waals surface area contributed by atoms with E-state index in [0.717, 1.165) is 11.3 Å². The van der Waals surface area contributed by atoms with Crippen molar-refractivity contribution in [1.82, 2.24) is 5.43 Å². The molecule has 2 rings (SSSR count). The molecule has 0 fully saturated rings. The lowest BCUT2D eigenvalue weighted by Gasteiger charge is -2.07. The number of para-hydroxylation sites is 1. The Balaban J connectivity index is 1.92. The first-order chi connectivity index (χ1) is 10.7. The Hall–Kier alpha value is -2.60. The SMILES string of the molecule is CCOc1cc(/C=N\NC(=S)Nc2ccccc2)ccc1O. The van der Waals surface area contributed by atoms with Gasteiger partial charge in [-0.2, -0.15) is 5.10 Å². The van der Waals surface area contributed by atoms with Gasteiger partial charge >= 0.3 is 0 Å². The van der Waals surface area contributed by atoms with Gasteiger partial charge in [0, 0.05) is 5.69 Å². The number of hydrazone groups is 1. The summed E-state index contributed by atoms with van der Waals surface area (Å²) < 4.78 is 5.31. The third kappa shape index (κ3) is 4.75. The number of thiocarbonyl (C=S) groups is 1. The van der Waals surface area contributed by atoms with Crippen LogP contribution >= 0.6 is 12.2 Å². The van der Waals surface area contributed by atoms with E-state index < -0.39 is 0 Å². The fourth-order valence-electron chi connectivity index (χ4n) is 1.73. The summed E-state index contributed by atoms with van der Waals surface area (Å²) in [4.78, 5) is 0. The minimum atomic E-state index is 0.105. The zero-order valence-corrected chi connectivity index (χ0v) is 12.9. The van der Waals surface area contributed by atoms with E-state index in [4.69, 9.17) is 17.0 Å². The zero-order chi connectivity index (χ0) is 15.8. The zero-order valence-electron chi connectivity index (χ0n) is 12.1. The predicted molar refractivity (Wildman–Crippen MR) is 92.7 cm³/mol. The molecule has 0 aliphatic heterocycles. The molecule has 114 valence electrons. The van der Waals surface area contributed by atoms with Crippen molar-refractivity contribution >= 4 is 29.2 Å². The lowest BCUT2D eigenvalue weighted by molar-refractivity contribution is 0.318. The minimum absolute atomic E-state index is 0.105. The summed E-state index contributed by atoms with van der Waals surface area (Å²) in [6.45, 7) is 2.34. The van der Waals surface area contributed by atoms with E-state index in [2.05, 4.69) is 15.8 Å². The number of aromatic hydroxyl groups is 1. The summed E-state index contributed by atoms with van der Waals surface area (Å²) in [5.41, 5.74) is 4.41. The molecular formula is C16H17N3O2S. The van der Waals surface area contributed by atoms with E-state index in [1.54, 1.807) is 24.4 Å². The van der Waals surface area contributed by atoms with Crippen LogP contribution in [0.1, 0.15) is 12.5 Å². The molecule has 0 amide bonds. The molecule has 0 heterocycles. The number of hydrogen-bond donors (Lipinski definition) is 3. The van der Waals surface area contributed by atoms with Crippen LogP contribution in [-0.4, -0.2) is 23.0 Å². The molecule has 5 nitrogen and oxygen atoms in total. The Labute approximate surface area is 134 Å². The van der Waals surface area contributed by atoms with E-state index in [9.17, 15) is 5.11 Å². The largest absolute Gasteiger partial charge is 0.504 e. The van der Waals surface area contributed by atoms with E-state index in [0.29, 0.717) is 17.5 Å². The smallest absolute Gasteiger partial charge is 0.191 e. The fourth-order valence-corrected chi connectivity index (χ4v) is 1.90. The highest BCUT2D eigenvalue weighted by molar-refractivity contribution is 7.80. The van der Waals surface area contributed by atoms with E-state index in [1.165, 1.54) is 0 Å². The molecule has 0 unspecified atom stereocenters. The molecule has 2 aromatic carbocycles. The van der Waals surface area contributed by atoms with Gasteiger partial charge in [0.1, 0.15) is 0 Å². The summed E-state index contributed by atoms with van der Waals surface area (Å²) in [6, 6.07) is 14.6. The third-order valence-electron chi connectivity index (χ3n) is 2.70. The van der Waals surface area contributed by atoms with Crippen molar-refractivity contribution in [2.24, 2.45) is 5.10 Å². The quantitative estimate of drug-likeness (QED) is 0.449. The van der Waals surface area contributed by atoms with Gasteiger partial charge in [-0.1, -0.05) is 18.2 Å². The van der Waals surface area contributed by atoms with Gasteiger partial charge in [-0.3, -0.25) is 5.43 Å². The highest BCUT2D eigenvalue weighted by Gasteiger charge is 2.02. The molecule has 2 aromatic rings. The Morgan fingerprint density at radius 2 is 2.05 bits per heavy atom. The number of phenols is 1. The average molecular weight is 315 g/mol. The van der Waals surface area contributed by atoms with Crippen LogP contribution < -0.4 is 15.5 Å². The van der Waals surface area contributed by atoms with Crippen LogP contribution in [0.15, 0.2) is 53.6 Å². The summed E-state index contributed by atoms with van der Waals surface area (Å²) in [6.07, 6.45) is 1.60. The second-order valence-electron chi connectivity index (χ2n) is 4.35. The molecule has 0 bridgehead atoms. The van der Waals surface area contributed by atoms with E-state index >= 15 is 0 Å². The van der Waals surface area contributed by atoms with Gasteiger partial charge in [0.25, 0.3) is 0 Å². The summed E-state index contributed by atoms with van der Waals surface area (Å²) in [5, 5.41) is 17.1. The number of nitrogens with one attached hydrogen (secondary N) is 2. The predicted octanol–water partition coefficient (Wildman–Crippen LogP) is 3.11. The molecule has 0 aromatic heterocycles. The minimum Gasteiger partial charge on any atom is -0.504 e. The van der Waals surface area contributed by atoms with Crippen molar-refractivity contribution in [3.8, 4) is 11.5 Å². The summed E-state index contributed by atoms with van der Waals surface area (Å²) >= 11 is 5.14. The topological polar surface area (TPSA) is 65.9 Å². The average Bonchev–Trinajstić information content (AvgIpc) is 2.51. The molecule has 0 spiro atoms. The Morgan fingerprint density at radius 1 is 1.27 bits per heavy atom. The van der Waals surface area contributed by atoms with Crippen LogP contribution in [0.25, 0.3) is 0 Å². The Kier molecular flexibility index (Phi) is 5.73. The first-order valence-electron chi connectivity index (χ1n) is 6.80. The number of rotatable bonds is 5. The monoisotopic (exact) mass is 315 g/mol. The number of nitrogens with zero attached hydrogens (tertiary/aromatic N) is 1. The lowest BCUT2D eigenvalue weighted by Crippen LogP contribution is -2.23. The summed E-state index contributed by atoms with van der Waals surface area (Å²) in [7, 11) is 0. The second-order valence-corrected chi connectivity index (χ2v) is 4.76. The van der Waals surface area contributed by atoms with Crippen molar-refractivity contribution in [3.05, 3.63) is 54.1 Å². The molecule has 0 radical (unpaired) electrons. The normalized spacial score (nSPS) is 10.4. The van der Waals surface area contributed by atoms with Crippen molar-refractivity contribution in [3.63, 3.8) is 0 Å². The van der Waals surface area contributed by atoms with Gasteiger partial charge < -0.3 is 15.2 Å². The number of phenolic OH excluding ortho intramolecular Hbond substituents is 1. The third-order valence-corrected chi connectivity index (χ3v) is 2.89. The van der Waals surface area contributed by atoms with Crippen molar-refractivity contribution < 1.29 is 9.84 Å². The molecule has 0 saturated carbocycles. The maximum absolute atomic E-state index is 9.63. The Morgan fingerprint density at radius 3 is 2.77 bits per heavy atom. The van der Waals surface area contributed by atoms with Crippen LogP contribution in [0.3, 0.4) is 0 Å². The molecule has 0 atom stereocenters. The first-order valence-corrected chi connectivity index (χ1v) is 7.21. The van der Waals surface area contributed by atoms with Crippen LogP contribution in [0.4, 0.5) is 5.69 Å². The van der Waals surface area contributed by atoms with Gasteiger partial charge in [-0.05, 0) is 55.0 Å². The summed E-state index contributed by atoms with van der Waals surface area (Å²) in [5.74, 6) is 0.532. The molecule has 0 aliphatic carbocycles. The van der Waals surface area contributed by atoms with Crippen LogP contribution in [0, 0.1) is 0 Å². The van der Waals surface area contributed by atoms with E-state index in [1.807, 2.05) is 37.3 Å². The number of anilines is 1. The molecule has 0 saturated heterocycles. The second kappa shape index (κ2) is 7.99. The van der Waals surface area contributed by atoms with Crippen molar-refractivity contribution in [2.75, 3.05) is 11.9 Å².